The lowest BCUT2D eigenvalue weighted by atomic mass is 9.79. The third-order valence-electron chi connectivity index (χ3n) is 4.88. The smallest absolute Gasteiger partial charge is 0.306 e. The molecule has 0 bridgehead atoms. The van der Waals surface area contributed by atoms with Crippen LogP contribution in [0, 0.1) is 11.3 Å². The highest BCUT2D eigenvalue weighted by molar-refractivity contribution is 6.24. The summed E-state index contributed by atoms with van der Waals surface area (Å²) in [6.45, 7) is 11.4. The zero-order valence-electron chi connectivity index (χ0n) is 17.8. The summed E-state index contributed by atoms with van der Waals surface area (Å²) in [5, 5.41) is 0. The molecule has 1 aromatic carbocycles. The van der Waals surface area contributed by atoms with Gasteiger partial charge in [-0.3, -0.25) is 14.4 Å². The van der Waals surface area contributed by atoms with Gasteiger partial charge in [0, 0.05) is 17.4 Å². The van der Waals surface area contributed by atoms with E-state index in [9.17, 15) is 14.4 Å². The van der Waals surface area contributed by atoms with Crippen molar-refractivity contribution in [1.82, 2.24) is 0 Å². The molecule has 0 saturated heterocycles. The number of methoxy groups -OCH3 is 2. The number of esters is 1. The van der Waals surface area contributed by atoms with Crippen LogP contribution < -0.4 is 9.47 Å². The second kappa shape index (κ2) is 8.64. The first-order valence-electron chi connectivity index (χ1n) is 9.46. The maximum absolute atomic E-state index is 12.6. The number of ether oxygens (including phenoxy) is 3. The summed E-state index contributed by atoms with van der Waals surface area (Å²) in [7, 11) is 2.83. The predicted octanol–water partition coefficient (Wildman–Crippen LogP) is 4.48. The van der Waals surface area contributed by atoms with Crippen LogP contribution in [0.1, 0.15) is 66.5 Å². The molecule has 1 unspecified atom stereocenters. The van der Waals surface area contributed by atoms with Gasteiger partial charge in [0.1, 0.15) is 17.6 Å². The largest absolute Gasteiger partial charge is 0.496 e. The predicted molar refractivity (Wildman–Crippen MR) is 110 cm³/mol. The number of allylic oxidation sites excluding steroid dienone is 2. The molecule has 0 aromatic heterocycles. The summed E-state index contributed by atoms with van der Waals surface area (Å²) < 4.78 is 16.8. The number of hydrogen-bond acceptors (Lipinski definition) is 6. The molecule has 1 aliphatic carbocycles. The standard InChI is InChI=1S/C23H28O6/c1-8-23(4,5)22(29-18(26)11-13(2)3)14-12-17(27-6)19-15(24)9-10-16(25)20(19)21(14)28-7/h8-10,12-13,22H,1,11H2,2-7H3. The van der Waals surface area contributed by atoms with E-state index in [4.69, 9.17) is 14.2 Å². The van der Waals surface area contributed by atoms with Crippen LogP contribution in [0.2, 0.25) is 0 Å². The summed E-state index contributed by atoms with van der Waals surface area (Å²) in [4.78, 5) is 37.6. The Labute approximate surface area is 171 Å². The Bertz CT molecular complexity index is 876. The van der Waals surface area contributed by atoms with Crippen LogP contribution in [-0.2, 0) is 9.53 Å². The molecule has 156 valence electrons. The van der Waals surface area contributed by atoms with Crippen LogP contribution in [0.4, 0.5) is 0 Å². The van der Waals surface area contributed by atoms with Crippen LogP contribution in [-0.4, -0.2) is 31.8 Å². The second-order valence-corrected chi connectivity index (χ2v) is 8.01. The molecule has 0 radical (unpaired) electrons. The monoisotopic (exact) mass is 400 g/mol. The number of ketones is 2. The van der Waals surface area contributed by atoms with Gasteiger partial charge in [-0.05, 0) is 24.1 Å². The lowest BCUT2D eigenvalue weighted by Gasteiger charge is -2.33. The van der Waals surface area contributed by atoms with E-state index in [2.05, 4.69) is 6.58 Å². The van der Waals surface area contributed by atoms with E-state index in [1.165, 1.54) is 26.4 Å². The molecule has 0 saturated carbocycles. The second-order valence-electron chi connectivity index (χ2n) is 8.01. The highest BCUT2D eigenvalue weighted by Crippen LogP contribution is 2.47. The highest BCUT2D eigenvalue weighted by Gasteiger charge is 2.38. The van der Waals surface area contributed by atoms with E-state index in [-0.39, 0.29) is 52.5 Å². The first-order valence-corrected chi connectivity index (χ1v) is 9.46. The van der Waals surface area contributed by atoms with Gasteiger partial charge in [-0.15, -0.1) is 6.58 Å². The van der Waals surface area contributed by atoms with Crippen molar-refractivity contribution in [1.29, 1.82) is 0 Å². The highest BCUT2D eigenvalue weighted by atomic mass is 16.5. The topological polar surface area (TPSA) is 78.9 Å². The van der Waals surface area contributed by atoms with Crippen molar-refractivity contribution in [2.75, 3.05) is 14.2 Å². The fourth-order valence-electron chi connectivity index (χ4n) is 3.27. The van der Waals surface area contributed by atoms with Crippen molar-refractivity contribution >= 4 is 17.5 Å². The minimum Gasteiger partial charge on any atom is -0.496 e. The number of rotatable bonds is 8. The molecule has 29 heavy (non-hydrogen) atoms. The van der Waals surface area contributed by atoms with E-state index in [0.29, 0.717) is 5.56 Å². The van der Waals surface area contributed by atoms with E-state index in [1.54, 1.807) is 12.1 Å². The van der Waals surface area contributed by atoms with Gasteiger partial charge in [-0.1, -0.05) is 33.8 Å². The van der Waals surface area contributed by atoms with Gasteiger partial charge in [-0.2, -0.15) is 0 Å². The maximum atomic E-state index is 12.6. The fourth-order valence-corrected chi connectivity index (χ4v) is 3.27. The average Bonchev–Trinajstić information content (AvgIpc) is 2.66. The van der Waals surface area contributed by atoms with Gasteiger partial charge in [0.25, 0.3) is 0 Å². The quantitative estimate of drug-likeness (QED) is 0.473. The molecule has 0 N–H and O–H groups in total. The van der Waals surface area contributed by atoms with Gasteiger partial charge in [0.05, 0.1) is 25.3 Å². The van der Waals surface area contributed by atoms with Gasteiger partial charge >= 0.3 is 5.97 Å². The molecule has 2 rings (SSSR count). The summed E-state index contributed by atoms with van der Waals surface area (Å²) in [6, 6.07) is 1.60. The number of carbonyl (C=O) groups excluding carboxylic acids is 3. The Morgan fingerprint density at radius 3 is 2.17 bits per heavy atom. The lowest BCUT2D eigenvalue weighted by Crippen LogP contribution is -2.27. The van der Waals surface area contributed by atoms with Crippen LogP contribution in [0.25, 0.3) is 0 Å². The maximum Gasteiger partial charge on any atom is 0.306 e. The van der Waals surface area contributed by atoms with Gasteiger partial charge in [0.2, 0.25) is 0 Å². The molecule has 1 aliphatic rings. The molecular weight excluding hydrogens is 372 g/mol. The van der Waals surface area contributed by atoms with E-state index < -0.39 is 11.5 Å². The van der Waals surface area contributed by atoms with Crippen LogP contribution in [0.3, 0.4) is 0 Å². The molecule has 0 spiro atoms. The molecule has 1 atom stereocenters. The van der Waals surface area contributed by atoms with Gasteiger partial charge in [-0.25, -0.2) is 0 Å². The Hall–Kier alpha value is -2.89. The van der Waals surface area contributed by atoms with Crippen molar-refractivity contribution in [3.63, 3.8) is 0 Å². The fraction of sp³-hybridized carbons (Fsp3) is 0.435. The molecule has 0 heterocycles. The summed E-state index contributed by atoms with van der Waals surface area (Å²) in [6.07, 6.45) is 3.54. The van der Waals surface area contributed by atoms with E-state index in [0.717, 1.165) is 0 Å². The molecule has 0 fully saturated rings. The van der Waals surface area contributed by atoms with Crippen molar-refractivity contribution in [2.24, 2.45) is 11.3 Å². The summed E-state index contributed by atoms with van der Waals surface area (Å²) in [5.41, 5.74) is 0.0152. The molecule has 0 aliphatic heterocycles. The molecule has 6 nitrogen and oxygen atoms in total. The van der Waals surface area contributed by atoms with Crippen molar-refractivity contribution in [2.45, 2.75) is 40.2 Å². The Morgan fingerprint density at radius 1 is 1.10 bits per heavy atom. The lowest BCUT2D eigenvalue weighted by molar-refractivity contribution is -0.155. The minimum atomic E-state index is -0.797. The molecule has 1 aromatic rings. The number of benzene rings is 1. The first-order chi connectivity index (χ1) is 13.6. The zero-order chi connectivity index (χ0) is 21.9. The van der Waals surface area contributed by atoms with Crippen LogP contribution >= 0.6 is 0 Å². The van der Waals surface area contributed by atoms with Gasteiger partial charge < -0.3 is 14.2 Å². The molecular formula is C23H28O6. The summed E-state index contributed by atoms with van der Waals surface area (Å²) in [5.74, 6) is -0.554. The van der Waals surface area contributed by atoms with Crippen molar-refractivity contribution < 1.29 is 28.6 Å². The Morgan fingerprint density at radius 2 is 1.69 bits per heavy atom. The normalized spacial score (nSPS) is 14.4. The minimum absolute atomic E-state index is 0.110. The number of hydrogen-bond donors (Lipinski definition) is 0. The third-order valence-corrected chi connectivity index (χ3v) is 4.88. The first kappa shape index (κ1) is 22.4. The summed E-state index contributed by atoms with van der Waals surface area (Å²) >= 11 is 0. The Balaban J connectivity index is 2.75. The molecule has 0 amide bonds. The number of carbonyl (C=O) groups is 3. The van der Waals surface area contributed by atoms with Gasteiger partial charge in [0.15, 0.2) is 11.6 Å². The van der Waals surface area contributed by atoms with Crippen molar-refractivity contribution in [3.05, 3.63) is 47.6 Å². The Kier molecular flexibility index (Phi) is 6.67. The average molecular weight is 400 g/mol. The van der Waals surface area contributed by atoms with E-state index in [1.807, 2.05) is 27.7 Å². The third kappa shape index (κ3) is 4.42. The van der Waals surface area contributed by atoms with Crippen LogP contribution in [0.5, 0.6) is 11.5 Å². The molecule has 6 heteroatoms. The van der Waals surface area contributed by atoms with E-state index >= 15 is 0 Å². The van der Waals surface area contributed by atoms with Crippen LogP contribution in [0.15, 0.2) is 30.9 Å². The number of fused-ring (bicyclic) bond motifs is 1. The van der Waals surface area contributed by atoms with Crippen molar-refractivity contribution in [3.8, 4) is 11.5 Å². The zero-order valence-corrected chi connectivity index (χ0v) is 17.8. The SMILES string of the molecule is C=CC(C)(C)C(OC(=O)CC(C)C)c1cc(OC)c2c(c1OC)C(=O)C=CC2=O.